The van der Waals surface area contributed by atoms with Gasteiger partial charge in [-0.1, -0.05) is 77.8 Å². The number of carbonyl (C=O) groups is 1. The minimum absolute atomic E-state index is 0.263. The Balaban J connectivity index is 1.40. The van der Waals surface area contributed by atoms with Gasteiger partial charge >= 0.3 is 5.97 Å². The average Bonchev–Trinajstić information content (AvgIpc) is 3.29. The van der Waals surface area contributed by atoms with E-state index in [9.17, 15) is 9.90 Å². The summed E-state index contributed by atoms with van der Waals surface area (Å²) in [5.41, 5.74) is 3.65. The Bertz CT molecular complexity index is 1550. The van der Waals surface area contributed by atoms with E-state index in [-0.39, 0.29) is 6.61 Å². The Labute approximate surface area is 218 Å². The highest BCUT2D eigenvalue weighted by atomic mass is 35.5. The van der Waals surface area contributed by atoms with Crippen LogP contribution in [-0.2, 0) is 24.4 Å². The number of ether oxygens (including phenoxy) is 1. The summed E-state index contributed by atoms with van der Waals surface area (Å²) in [7, 11) is 0. The lowest BCUT2D eigenvalue weighted by atomic mass is 10.0. The number of hydrogen-bond acceptors (Lipinski definition) is 3. The van der Waals surface area contributed by atoms with E-state index in [0.717, 1.165) is 38.4 Å². The van der Waals surface area contributed by atoms with Gasteiger partial charge in [-0.2, -0.15) is 0 Å². The third-order valence-electron chi connectivity index (χ3n) is 6.32. The van der Waals surface area contributed by atoms with Gasteiger partial charge in [0.25, 0.3) is 0 Å². The molecule has 1 aromatic heterocycles. The predicted octanol–water partition coefficient (Wildman–Crippen LogP) is 6.99. The maximum Gasteiger partial charge on any atom is 0.321 e. The van der Waals surface area contributed by atoms with Crippen molar-refractivity contribution in [2.45, 2.75) is 25.6 Å². The van der Waals surface area contributed by atoms with Crippen LogP contribution in [0.4, 0.5) is 0 Å². The fourth-order valence-corrected chi connectivity index (χ4v) is 4.88. The van der Waals surface area contributed by atoms with Crippen LogP contribution in [0.5, 0.6) is 5.75 Å². The molecular weight excluding hydrogens is 495 g/mol. The molecule has 0 saturated heterocycles. The quantitative estimate of drug-likeness (QED) is 0.196. The van der Waals surface area contributed by atoms with Gasteiger partial charge in [-0.15, -0.1) is 0 Å². The highest BCUT2D eigenvalue weighted by Crippen LogP contribution is 2.30. The van der Waals surface area contributed by atoms with Crippen molar-refractivity contribution in [1.82, 2.24) is 10.3 Å². The van der Waals surface area contributed by atoms with Gasteiger partial charge < -0.3 is 14.8 Å². The molecule has 5 nitrogen and oxygen atoms in total. The number of para-hydroxylation sites is 1. The molecule has 4 aromatic carbocycles. The fourth-order valence-electron chi connectivity index (χ4n) is 4.42. The SMILES string of the molecule is O=C(O)C(Cc1c[nH]c2ccccc12)NCc1c(OCc2ccc(Cl)cc2Cl)ccc2ccccc12. The van der Waals surface area contributed by atoms with E-state index in [2.05, 4.69) is 10.3 Å². The lowest BCUT2D eigenvalue weighted by Crippen LogP contribution is -2.38. The number of carboxylic acids is 1. The molecule has 5 rings (SSSR count). The van der Waals surface area contributed by atoms with E-state index in [1.54, 1.807) is 12.1 Å². The van der Waals surface area contributed by atoms with Crippen molar-refractivity contribution in [2.24, 2.45) is 0 Å². The van der Waals surface area contributed by atoms with Crippen LogP contribution in [0.3, 0.4) is 0 Å². The largest absolute Gasteiger partial charge is 0.488 e. The standard InChI is InChI=1S/C29H24Cl2N2O3/c30-21-11-9-19(25(31)14-21)17-36-28-12-10-18-5-1-2-6-22(18)24(28)16-33-27(29(34)35)13-20-15-32-26-8-4-3-7-23(20)26/h1-12,14-15,27,32-33H,13,16-17H2,(H,34,35). The minimum Gasteiger partial charge on any atom is -0.488 e. The summed E-state index contributed by atoms with van der Waals surface area (Å²) in [5, 5.41) is 17.4. The molecular formula is C29H24Cl2N2O3. The molecule has 0 fully saturated rings. The number of rotatable bonds is 9. The Morgan fingerprint density at radius 2 is 1.72 bits per heavy atom. The van der Waals surface area contributed by atoms with Crippen LogP contribution in [0, 0.1) is 0 Å². The predicted molar refractivity (Wildman–Crippen MR) is 145 cm³/mol. The molecule has 36 heavy (non-hydrogen) atoms. The molecule has 0 aliphatic rings. The normalized spacial score (nSPS) is 12.2. The number of aromatic amines is 1. The van der Waals surface area contributed by atoms with Gasteiger partial charge in [0.1, 0.15) is 18.4 Å². The number of nitrogens with one attached hydrogen (secondary N) is 2. The molecule has 1 heterocycles. The van der Waals surface area contributed by atoms with Crippen LogP contribution in [0.1, 0.15) is 16.7 Å². The van der Waals surface area contributed by atoms with Crippen molar-refractivity contribution in [3.05, 3.63) is 112 Å². The molecule has 0 saturated carbocycles. The second-order valence-corrected chi connectivity index (χ2v) is 9.47. The van der Waals surface area contributed by atoms with Crippen molar-refractivity contribution in [3.63, 3.8) is 0 Å². The van der Waals surface area contributed by atoms with E-state index in [4.69, 9.17) is 27.9 Å². The van der Waals surface area contributed by atoms with Crippen LogP contribution in [0.15, 0.2) is 85.1 Å². The Hall–Kier alpha value is -3.51. The van der Waals surface area contributed by atoms with Crippen molar-refractivity contribution < 1.29 is 14.6 Å². The van der Waals surface area contributed by atoms with Crippen molar-refractivity contribution in [3.8, 4) is 5.75 Å². The number of aromatic nitrogens is 1. The van der Waals surface area contributed by atoms with Crippen LogP contribution in [0.2, 0.25) is 10.0 Å². The monoisotopic (exact) mass is 518 g/mol. The second kappa shape index (κ2) is 10.6. The average molecular weight is 519 g/mol. The molecule has 0 bridgehead atoms. The molecule has 182 valence electrons. The van der Waals surface area contributed by atoms with Gasteiger partial charge in [0.05, 0.1) is 0 Å². The van der Waals surface area contributed by atoms with Gasteiger partial charge in [-0.25, -0.2) is 0 Å². The van der Waals surface area contributed by atoms with Gasteiger partial charge in [0.2, 0.25) is 0 Å². The zero-order chi connectivity index (χ0) is 25.1. The number of halogens is 2. The zero-order valence-electron chi connectivity index (χ0n) is 19.3. The minimum atomic E-state index is -0.907. The first-order valence-corrected chi connectivity index (χ1v) is 12.3. The lowest BCUT2D eigenvalue weighted by molar-refractivity contribution is -0.139. The first-order chi connectivity index (χ1) is 17.5. The summed E-state index contributed by atoms with van der Waals surface area (Å²) in [6, 6.07) is 24.3. The highest BCUT2D eigenvalue weighted by molar-refractivity contribution is 6.35. The number of carboxylic acid groups (broad SMARTS) is 1. The van der Waals surface area contributed by atoms with E-state index >= 15 is 0 Å². The van der Waals surface area contributed by atoms with Crippen molar-refractivity contribution >= 4 is 50.8 Å². The first-order valence-electron chi connectivity index (χ1n) is 11.6. The number of aliphatic carboxylic acids is 1. The van der Waals surface area contributed by atoms with Gasteiger partial charge in [-0.05, 0) is 40.6 Å². The zero-order valence-corrected chi connectivity index (χ0v) is 20.8. The Morgan fingerprint density at radius 1 is 0.944 bits per heavy atom. The summed E-state index contributed by atoms with van der Waals surface area (Å²) in [6.45, 7) is 0.587. The third-order valence-corrected chi connectivity index (χ3v) is 6.91. The van der Waals surface area contributed by atoms with Gasteiger partial charge in [0.15, 0.2) is 0 Å². The molecule has 7 heteroatoms. The van der Waals surface area contributed by atoms with Crippen LogP contribution < -0.4 is 10.1 Å². The number of H-pyrrole nitrogens is 1. The second-order valence-electron chi connectivity index (χ2n) is 8.62. The fraction of sp³-hybridized carbons (Fsp3) is 0.138. The summed E-state index contributed by atoms with van der Waals surface area (Å²) >= 11 is 12.4. The third kappa shape index (κ3) is 5.19. The molecule has 0 spiro atoms. The molecule has 5 aromatic rings. The topological polar surface area (TPSA) is 74.3 Å². The molecule has 0 aliphatic carbocycles. The molecule has 0 radical (unpaired) electrons. The van der Waals surface area contributed by atoms with Crippen LogP contribution in [0.25, 0.3) is 21.7 Å². The van der Waals surface area contributed by atoms with E-state index in [0.29, 0.717) is 28.8 Å². The van der Waals surface area contributed by atoms with Crippen LogP contribution >= 0.6 is 23.2 Å². The number of fused-ring (bicyclic) bond motifs is 2. The molecule has 3 N–H and O–H groups in total. The summed E-state index contributed by atoms with van der Waals surface area (Å²) in [4.78, 5) is 15.4. The highest BCUT2D eigenvalue weighted by Gasteiger charge is 2.21. The molecule has 0 amide bonds. The van der Waals surface area contributed by atoms with Crippen LogP contribution in [-0.4, -0.2) is 22.1 Å². The number of hydrogen-bond donors (Lipinski definition) is 3. The van der Waals surface area contributed by atoms with E-state index < -0.39 is 12.0 Å². The Morgan fingerprint density at radius 3 is 2.53 bits per heavy atom. The lowest BCUT2D eigenvalue weighted by Gasteiger charge is -2.19. The summed E-state index contributed by atoms with van der Waals surface area (Å²) < 4.78 is 6.19. The van der Waals surface area contributed by atoms with Crippen molar-refractivity contribution in [2.75, 3.05) is 0 Å². The first kappa shape index (κ1) is 24.2. The summed E-state index contributed by atoms with van der Waals surface area (Å²) in [5.74, 6) is -0.237. The van der Waals surface area contributed by atoms with Gasteiger partial charge in [0, 0.05) is 51.2 Å². The van der Waals surface area contributed by atoms with E-state index in [1.165, 1.54) is 0 Å². The Kier molecular flexibility index (Phi) is 7.14. The summed E-state index contributed by atoms with van der Waals surface area (Å²) in [6.07, 6.45) is 2.23. The maximum atomic E-state index is 12.2. The molecule has 1 unspecified atom stereocenters. The van der Waals surface area contributed by atoms with Gasteiger partial charge in [-0.3, -0.25) is 10.1 Å². The number of benzene rings is 4. The maximum absolute atomic E-state index is 12.2. The van der Waals surface area contributed by atoms with E-state index in [1.807, 2.05) is 72.9 Å². The molecule has 0 aliphatic heterocycles. The smallest absolute Gasteiger partial charge is 0.321 e. The van der Waals surface area contributed by atoms with Crippen molar-refractivity contribution in [1.29, 1.82) is 0 Å². The molecule has 1 atom stereocenters.